The summed E-state index contributed by atoms with van der Waals surface area (Å²) in [6.07, 6.45) is 0. The van der Waals surface area contributed by atoms with Crippen LogP contribution in [0.2, 0.25) is 0 Å². The van der Waals surface area contributed by atoms with Crippen molar-refractivity contribution in [3.63, 3.8) is 0 Å². The Hall–Kier alpha value is -1.82. The third-order valence-corrected chi connectivity index (χ3v) is 1.88. The lowest BCUT2D eigenvalue weighted by Gasteiger charge is -2.07. The van der Waals surface area contributed by atoms with E-state index in [2.05, 4.69) is 5.32 Å². The lowest BCUT2D eigenvalue weighted by Crippen LogP contribution is -2.38. The van der Waals surface area contributed by atoms with Gasteiger partial charge < -0.3 is 15.3 Å². The van der Waals surface area contributed by atoms with Crippen LogP contribution in [0.4, 0.5) is 0 Å². The van der Waals surface area contributed by atoms with Gasteiger partial charge in [0.15, 0.2) is 0 Å². The molecule has 1 rings (SSSR count). The molecule has 1 aromatic heterocycles. The largest absolute Gasteiger partial charge is 0.475 e. The second-order valence-corrected chi connectivity index (χ2v) is 3.08. The summed E-state index contributed by atoms with van der Waals surface area (Å²) in [4.78, 5) is 21.1. The van der Waals surface area contributed by atoms with Crippen molar-refractivity contribution in [2.24, 2.45) is 5.73 Å². The molecule has 0 radical (unpaired) electrons. The monoisotopic (exact) mass is 212 g/mol. The molecule has 6 nitrogen and oxygen atoms in total. The molecule has 1 atom stereocenters. The number of hydrogen-bond donors (Lipinski definition) is 3. The van der Waals surface area contributed by atoms with Crippen LogP contribution in [0.5, 0.6) is 0 Å². The van der Waals surface area contributed by atoms with E-state index >= 15 is 0 Å². The van der Waals surface area contributed by atoms with Crippen molar-refractivity contribution in [2.45, 2.75) is 19.5 Å². The molecule has 0 spiro atoms. The van der Waals surface area contributed by atoms with Gasteiger partial charge in [-0.2, -0.15) is 0 Å². The fraction of sp³-hybridized carbons (Fsp3) is 0.333. The van der Waals surface area contributed by atoms with Crippen molar-refractivity contribution in [1.82, 2.24) is 5.32 Å². The SMILES string of the molecule is CC(NCc1ccc(C(=O)O)o1)C(N)=O. The number of carboxylic acid groups (broad SMARTS) is 1. The van der Waals surface area contributed by atoms with Crippen LogP contribution in [0.25, 0.3) is 0 Å². The molecule has 0 aliphatic heterocycles. The summed E-state index contributed by atoms with van der Waals surface area (Å²) in [7, 11) is 0. The molecular formula is C9H12N2O4. The van der Waals surface area contributed by atoms with Gasteiger partial charge in [0, 0.05) is 0 Å². The molecule has 0 saturated heterocycles. The van der Waals surface area contributed by atoms with E-state index in [1.165, 1.54) is 12.1 Å². The van der Waals surface area contributed by atoms with Crippen LogP contribution >= 0.6 is 0 Å². The van der Waals surface area contributed by atoms with Gasteiger partial charge in [0.1, 0.15) is 5.76 Å². The standard InChI is InChI=1S/C9H12N2O4/c1-5(8(10)12)11-4-6-2-3-7(15-6)9(13)14/h2-3,5,11H,4H2,1H3,(H2,10,12)(H,13,14). The van der Waals surface area contributed by atoms with Crippen molar-refractivity contribution in [1.29, 1.82) is 0 Å². The van der Waals surface area contributed by atoms with E-state index < -0.39 is 17.9 Å². The zero-order valence-corrected chi connectivity index (χ0v) is 8.19. The first-order valence-corrected chi connectivity index (χ1v) is 4.35. The molecule has 1 amide bonds. The van der Waals surface area contributed by atoms with Gasteiger partial charge in [0.2, 0.25) is 11.7 Å². The lowest BCUT2D eigenvalue weighted by molar-refractivity contribution is -0.119. The zero-order valence-electron chi connectivity index (χ0n) is 8.19. The molecule has 0 fully saturated rings. The number of nitrogens with one attached hydrogen (secondary N) is 1. The van der Waals surface area contributed by atoms with Crippen molar-refractivity contribution < 1.29 is 19.1 Å². The highest BCUT2D eigenvalue weighted by molar-refractivity contribution is 5.84. The van der Waals surface area contributed by atoms with Crippen LogP contribution in [0.3, 0.4) is 0 Å². The summed E-state index contributed by atoms with van der Waals surface area (Å²) in [5, 5.41) is 11.4. The Balaban J connectivity index is 2.51. The van der Waals surface area contributed by atoms with Gasteiger partial charge >= 0.3 is 5.97 Å². The van der Waals surface area contributed by atoms with E-state index in [9.17, 15) is 9.59 Å². The maximum absolute atomic E-state index is 10.7. The highest BCUT2D eigenvalue weighted by Gasteiger charge is 2.11. The molecular weight excluding hydrogens is 200 g/mol. The Labute approximate surface area is 86.1 Å². The number of nitrogens with two attached hydrogens (primary N) is 1. The van der Waals surface area contributed by atoms with E-state index in [4.69, 9.17) is 15.3 Å². The van der Waals surface area contributed by atoms with E-state index in [-0.39, 0.29) is 12.3 Å². The van der Waals surface area contributed by atoms with Gasteiger partial charge in [-0.1, -0.05) is 0 Å². The van der Waals surface area contributed by atoms with E-state index in [0.717, 1.165) is 0 Å². The number of amides is 1. The first-order valence-electron chi connectivity index (χ1n) is 4.35. The molecule has 0 saturated carbocycles. The summed E-state index contributed by atoms with van der Waals surface area (Å²) >= 11 is 0. The number of carbonyl (C=O) groups excluding carboxylic acids is 1. The molecule has 1 unspecified atom stereocenters. The fourth-order valence-corrected chi connectivity index (χ4v) is 0.942. The van der Waals surface area contributed by atoms with E-state index in [1.807, 2.05) is 0 Å². The van der Waals surface area contributed by atoms with Gasteiger partial charge in [-0.25, -0.2) is 4.79 Å². The Morgan fingerprint density at radius 2 is 2.27 bits per heavy atom. The third kappa shape index (κ3) is 3.10. The van der Waals surface area contributed by atoms with Crippen LogP contribution in [0.15, 0.2) is 16.5 Å². The number of hydrogen-bond acceptors (Lipinski definition) is 4. The number of furan rings is 1. The highest BCUT2D eigenvalue weighted by atomic mass is 16.4. The maximum atomic E-state index is 10.7. The minimum Gasteiger partial charge on any atom is -0.475 e. The molecule has 6 heteroatoms. The van der Waals surface area contributed by atoms with Crippen molar-refractivity contribution in [2.75, 3.05) is 0 Å². The minimum atomic E-state index is -1.12. The predicted molar refractivity (Wildman–Crippen MR) is 51.2 cm³/mol. The molecule has 1 heterocycles. The Bertz CT molecular complexity index is 372. The van der Waals surface area contributed by atoms with Crippen LogP contribution in [0, 0.1) is 0 Å². The van der Waals surface area contributed by atoms with Gasteiger partial charge in [0.25, 0.3) is 0 Å². The van der Waals surface area contributed by atoms with Crippen molar-refractivity contribution >= 4 is 11.9 Å². The zero-order chi connectivity index (χ0) is 11.4. The number of carbonyl (C=O) groups is 2. The summed E-state index contributed by atoms with van der Waals surface area (Å²) in [5.74, 6) is -1.27. The summed E-state index contributed by atoms with van der Waals surface area (Å²) in [6, 6.07) is 2.40. The Morgan fingerprint density at radius 3 is 2.73 bits per heavy atom. The molecule has 0 aliphatic carbocycles. The van der Waals surface area contributed by atoms with Gasteiger partial charge in [-0.05, 0) is 19.1 Å². The van der Waals surface area contributed by atoms with E-state index in [0.29, 0.717) is 5.76 Å². The summed E-state index contributed by atoms with van der Waals surface area (Å²) in [5.41, 5.74) is 5.03. The number of rotatable bonds is 5. The summed E-state index contributed by atoms with van der Waals surface area (Å²) < 4.78 is 4.96. The average Bonchev–Trinajstić information content (AvgIpc) is 2.62. The second-order valence-electron chi connectivity index (χ2n) is 3.08. The first kappa shape index (κ1) is 11.3. The Morgan fingerprint density at radius 1 is 1.60 bits per heavy atom. The maximum Gasteiger partial charge on any atom is 0.371 e. The van der Waals surface area contributed by atoms with Gasteiger partial charge in [-0.15, -0.1) is 0 Å². The second kappa shape index (κ2) is 4.61. The van der Waals surface area contributed by atoms with E-state index in [1.54, 1.807) is 6.92 Å². The third-order valence-electron chi connectivity index (χ3n) is 1.88. The number of aromatic carboxylic acids is 1. The van der Waals surface area contributed by atoms with Crippen LogP contribution < -0.4 is 11.1 Å². The molecule has 0 aromatic carbocycles. The Kier molecular flexibility index (Phi) is 3.46. The molecule has 82 valence electrons. The number of primary amides is 1. The fourth-order valence-electron chi connectivity index (χ4n) is 0.942. The van der Waals surface area contributed by atoms with Crippen LogP contribution in [-0.4, -0.2) is 23.0 Å². The average molecular weight is 212 g/mol. The topological polar surface area (TPSA) is 106 Å². The molecule has 15 heavy (non-hydrogen) atoms. The van der Waals surface area contributed by atoms with Gasteiger partial charge in [0.05, 0.1) is 12.6 Å². The van der Waals surface area contributed by atoms with Crippen LogP contribution in [0.1, 0.15) is 23.2 Å². The minimum absolute atomic E-state index is 0.126. The number of carboxylic acids is 1. The first-order chi connectivity index (χ1) is 7.00. The normalized spacial score (nSPS) is 12.3. The van der Waals surface area contributed by atoms with Gasteiger partial charge in [-0.3, -0.25) is 10.1 Å². The summed E-state index contributed by atoms with van der Waals surface area (Å²) in [6.45, 7) is 1.88. The predicted octanol–water partition coefficient (Wildman–Crippen LogP) is -0.0588. The lowest BCUT2D eigenvalue weighted by atomic mass is 10.3. The molecule has 0 bridgehead atoms. The molecule has 4 N–H and O–H groups in total. The highest BCUT2D eigenvalue weighted by Crippen LogP contribution is 2.07. The smallest absolute Gasteiger partial charge is 0.371 e. The van der Waals surface area contributed by atoms with Crippen molar-refractivity contribution in [3.8, 4) is 0 Å². The molecule has 1 aromatic rings. The van der Waals surface area contributed by atoms with Crippen molar-refractivity contribution in [3.05, 3.63) is 23.7 Å². The quantitative estimate of drug-likeness (QED) is 0.634. The molecule has 0 aliphatic rings. The van der Waals surface area contributed by atoms with Crippen LogP contribution in [-0.2, 0) is 11.3 Å².